The molecule has 0 aliphatic heterocycles. The summed E-state index contributed by atoms with van der Waals surface area (Å²) in [7, 11) is 1.36. The molecule has 0 aromatic carbocycles. The van der Waals surface area contributed by atoms with E-state index in [0.29, 0.717) is 23.0 Å². The average molecular weight is 431 g/mol. The molecule has 6 nitrogen and oxygen atoms in total. The average Bonchev–Trinajstić information content (AvgIpc) is 3.47. The third kappa shape index (κ3) is 3.66. The standard InChI is InChI=1S/C23H30N2O4S/c1-29-21(27)19-17(16-2-3-16)12-30-20(19)25-18(26)4-5-24-22(28)23-9-13-6-14(10-23)8-15(7-13)11-23/h12-16H,2-11H2,1H3,(H,24,28)(H,25,26). The molecule has 6 rings (SSSR count). The lowest BCUT2D eigenvalue weighted by Crippen LogP contribution is -2.53. The first-order chi connectivity index (χ1) is 14.5. The van der Waals surface area contributed by atoms with Crippen LogP contribution in [0.5, 0.6) is 0 Å². The van der Waals surface area contributed by atoms with Gasteiger partial charge in [0.25, 0.3) is 0 Å². The molecular formula is C23H30N2O4S. The highest BCUT2D eigenvalue weighted by Gasteiger charge is 2.54. The van der Waals surface area contributed by atoms with E-state index < -0.39 is 5.97 Å². The zero-order valence-corrected chi connectivity index (χ0v) is 18.3. The number of ether oxygens (including phenoxy) is 1. The number of amides is 2. The number of hydrogen-bond acceptors (Lipinski definition) is 5. The van der Waals surface area contributed by atoms with Crippen molar-refractivity contribution in [3.63, 3.8) is 0 Å². The molecular weight excluding hydrogens is 400 g/mol. The molecule has 4 bridgehead atoms. The van der Waals surface area contributed by atoms with Crippen LogP contribution >= 0.6 is 11.3 Å². The Balaban J connectivity index is 1.16. The largest absolute Gasteiger partial charge is 0.465 e. The van der Waals surface area contributed by atoms with Crippen LogP contribution < -0.4 is 10.6 Å². The highest BCUT2D eigenvalue weighted by Crippen LogP contribution is 2.60. The van der Waals surface area contributed by atoms with Crippen molar-refractivity contribution in [1.82, 2.24) is 5.32 Å². The van der Waals surface area contributed by atoms with Crippen LogP contribution in [-0.2, 0) is 14.3 Å². The molecule has 1 aromatic rings. The van der Waals surface area contributed by atoms with Gasteiger partial charge in [0, 0.05) is 18.4 Å². The van der Waals surface area contributed by atoms with Gasteiger partial charge in [0.1, 0.15) is 5.00 Å². The van der Waals surface area contributed by atoms with Crippen molar-refractivity contribution in [3.8, 4) is 0 Å². The van der Waals surface area contributed by atoms with Crippen LogP contribution in [0.1, 0.15) is 79.6 Å². The highest BCUT2D eigenvalue weighted by molar-refractivity contribution is 7.15. The van der Waals surface area contributed by atoms with Crippen molar-refractivity contribution in [2.24, 2.45) is 23.2 Å². The van der Waals surface area contributed by atoms with Gasteiger partial charge in [-0.1, -0.05) is 0 Å². The number of thiophene rings is 1. The van der Waals surface area contributed by atoms with Crippen LogP contribution in [0, 0.1) is 23.2 Å². The molecule has 5 saturated carbocycles. The highest BCUT2D eigenvalue weighted by atomic mass is 32.1. The maximum atomic E-state index is 13.0. The molecule has 1 heterocycles. The fraction of sp³-hybridized carbons (Fsp3) is 0.696. The van der Waals surface area contributed by atoms with E-state index in [9.17, 15) is 14.4 Å². The summed E-state index contributed by atoms with van der Waals surface area (Å²) in [5, 5.41) is 8.43. The summed E-state index contributed by atoms with van der Waals surface area (Å²) in [6.45, 7) is 0.334. The van der Waals surface area contributed by atoms with Gasteiger partial charge in [0.05, 0.1) is 12.7 Å². The van der Waals surface area contributed by atoms with Gasteiger partial charge in [0.2, 0.25) is 11.8 Å². The molecule has 2 amide bonds. The van der Waals surface area contributed by atoms with Crippen LogP contribution in [0.4, 0.5) is 5.00 Å². The molecule has 0 atom stereocenters. The third-order valence-electron chi connectivity index (χ3n) is 7.64. The summed E-state index contributed by atoms with van der Waals surface area (Å²) in [6, 6.07) is 0. The Labute approximate surface area is 181 Å². The topological polar surface area (TPSA) is 84.5 Å². The predicted octanol–water partition coefficient (Wildman–Crippen LogP) is 4.07. The number of anilines is 1. The maximum Gasteiger partial charge on any atom is 0.341 e. The number of carbonyl (C=O) groups is 3. The zero-order chi connectivity index (χ0) is 20.9. The monoisotopic (exact) mass is 430 g/mol. The van der Waals surface area contributed by atoms with Crippen molar-refractivity contribution in [2.75, 3.05) is 19.0 Å². The summed E-state index contributed by atoms with van der Waals surface area (Å²) in [5.41, 5.74) is 1.30. The minimum absolute atomic E-state index is 0.150. The molecule has 2 N–H and O–H groups in total. The fourth-order valence-corrected chi connectivity index (χ4v) is 7.57. The first-order valence-electron chi connectivity index (χ1n) is 11.3. The van der Waals surface area contributed by atoms with Gasteiger partial charge in [-0.25, -0.2) is 4.79 Å². The second kappa shape index (κ2) is 7.66. The lowest BCUT2D eigenvalue weighted by atomic mass is 9.49. The first kappa shape index (κ1) is 20.0. The van der Waals surface area contributed by atoms with Crippen molar-refractivity contribution in [1.29, 1.82) is 0 Å². The third-order valence-corrected chi connectivity index (χ3v) is 8.55. The van der Waals surface area contributed by atoms with Crippen LogP contribution in [0.25, 0.3) is 0 Å². The molecule has 0 saturated heterocycles. The number of rotatable bonds is 7. The lowest BCUT2D eigenvalue weighted by molar-refractivity contribution is -0.146. The van der Waals surface area contributed by atoms with E-state index in [0.717, 1.165) is 55.4 Å². The minimum atomic E-state index is -0.399. The molecule has 5 aliphatic rings. The van der Waals surface area contributed by atoms with Crippen molar-refractivity contribution in [3.05, 3.63) is 16.5 Å². The Morgan fingerprint density at radius 1 is 1.10 bits per heavy atom. The molecule has 162 valence electrons. The van der Waals surface area contributed by atoms with Gasteiger partial charge in [-0.3, -0.25) is 9.59 Å². The first-order valence-corrected chi connectivity index (χ1v) is 12.1. The normalized spacial score (nSPS) is 31.4. The van der Waals surface area contributed by atoms with Crippen LogP contribution in [0.2, 0.25) is 0 Å². The number of hydrogen-bond donors (Lipinski definition) is 2. The number of nitrogens with one attached hydrogen (secondary N) is 2. The Morgan fingerprint density at radius 3 is 2.30 bits per heavy atom. The van der Waals surface area contributed by atoms with E-state index in [1.165, 1.54) is 37.7 Å². The van der Waals surface area contributed by atoms with E-state index in [1.54, 1.807) is 0 Å². The SMILES string of the molecule is COC(=O)c1c(C2CC2)csc1NC(=O)CCNC(=O)C12CC3CC(CC(C3)C1)C2. The van der Waals surface area contributed by atoms with Crippen LogP contribution in [0.3, 0.4) is 0 Å². The lowest BCUT2D eigenvalue weighted by Gasteiger charge is -2.55. The van der Waals surface area contributed by atoms with Gasteiger partial charge in [-0.2, -0.15) is 0 Å². The zero-order valence-electron chi connectivity index (χ0n) is 17.5. The van der Waals surface area contributed by atoms with Gasteiger partial charge in [0.15, 0.2) is 0 Å². The fourth-order valence-electron chi connectivity index (χ4n) is 6.53. The second-order valence-electron chi connectivity index (χ2n) is 9.91. The maximum absolute atomic E-state index is 13.0. The van der Waals surface area contributed by atoms with Crippen LogP contribution in [-0.4, -0.2) is 31.4 Å². The van der Waals surface area contributed by atoms with Crippen molar-refractivity contribution < 1.29 is 19.1 Å². The van der Waals surface area contributed by atoms with Crippen molar-refractivity contribution >= 4 is 34.1 Å². The van der Waals surface area contributed by atoms with Gasteiger partial charge < -0.3 is 15.4 Å². The quantitative estimate of drug-likeness (QED) is 0.639. The molecule has 1 aromatic heterocycles. The predicted molar refractivity (Wildman–Crippen MR) is 114 cm³/mol. The minimum Gasteiger partial charge on any atom is -0.465 e. The van der Waals surface area contributed by atoms with Gasteiger partial charge >= 0.3 is 5.97 Å². The van der Waals surface area contributed by atoms with Crippen molar-refractivity contribution in [2.45, 2.75) is 63.7 Å². The summed E-state index contributed by atoms with van der Waals surface area (Å²) >= 11 is 1.37. The number of methoxy groups -OCH3 is 1. The molecule has 30 heavy (non-hydrogen) atoms. The summed E-state index contributed by atoms with van der Waals surface area (Å²) in [5.74, 6) is 2.14. The molecule has 5 fully saturated rings. The molecule has 7 heteroatoms. The summed E-state index contributed by atoms with van der Waals surface area (Å²) in [6.07, 6.45) is 9.35. The number of esters is 1. The Bertz CT molecular complexity index is 837. The van der Waals surface area contributed by atoms with Gasteiger partial charge in [-0.15, -0.1) is 11.3 Å². The van der Waals surface area contributed by atoms with E-state index in [1.807, 2.05) is 5.38 Å². The summed E-state index contributed by atoms with van der Waals surface area (Å²) in [4.78, 5) is 37.7. The molecule has 0 spiro atoms. The van der Waals surface area contributed by atoms with Crippen LogP contribution in [0.15, 0.2) is 5.38 Å². The van der Waals surface area contributed by atoms with E-state index in [-0.39, 0.29) is 23.7 Å². The smallest absolute Gasteiger partial charge is 0.341 e. The molecule has 5 aliphatic carbocycles. The Kier molecular flexibility index (Phi) is 5.12. The molecule has 0 unspecified atom stereocenters. The number of carbonyl (C=O) groups excluding carboxylic acids is 3. The van der Waals surface area contributed by atoms with E-state index in [2.05, 4.69) is 10.6 Å². The van der Waals surface area contributed by atoms with E-state index in [4.69, 9.17) is 4.74 Å². The Morgan fingerprint density at radius 2 is 1.73 bits per heavy atom. The van der Waals surface area contributed by atoms with Gasteiger partial charge in [-0.05, 0) is 86.0 Å². The summed E-state index contributed by atoms with van der Waals surface area (Å²) < 4.78 is 4.92. The second-order valence-corrected chi connectivity index (χ2v) is 10.8. The van der Waals surface area contributed by atoms with E-state index >= 15 is 0 Å². The molecule has 0 radical (unpaired) electrons. The Hall–Kier alpha value is -1.89.